The molecule has 0 fully saturated rings. The molecule has 1 N–H and O–H groups in total. The molecule has 0 saturated heterocycles. The lowest BCUT2D eigenvalue weighted by atomic mass is 9.82. The van der Waals surface area contributed by atoms with Crippen LogP contribution < -0.4 is 5.32 Å². The van der Waals surface area contributed by atoms with Crippen molar-refractivity contribution >= 4 is 11.3 Å². The molecule has 1 heterocycles. The number of thiazole rings is 1. The van der Waals surface area contributed by atoms with Crippen molar-refractivity contribution in [3.8, 4) is 0 Å². The number of hydrogen-bond acceptors (Lipinski definition) is 3. The van der Waals surface area contributed by atoms with Crippen molar-refractivity contribution in [1.29, 1.82) is 0 Å². The van der Waals surface area contributed by atoms with Crippen LogP contribution in [-0.4, -0.2) is 10.5 Å². The zero-order chi connectivity index (χ0) is 11.5. The number of nitrogens with zero attached hydrogens (tertiary/aromatic N) is 1. The van der Waals surface area contributed by atoms with E-state index >= 15 is 0 Å². The van der Waals surface area contributed by atoms with Gasteiger partial charge in [0, 0.05) is 23.7 Å². The summed E-state index contributed by atoms with van der Waals surface area (Å²) in [4.78, 5) is 4.27. The van der Waals surface area contributed by atoms with Crippen molar-refractivity contribution in [1.82, 2.24) is 10.3 Å². The van der Waals surface area contributed by atoms with Crippen LogP contribution in [0.3, 0.4) is 0 Å². The summed E-state index contributed by atoms with van der Waals surface area (Å²) in [5, 5.41) is 6.75. The van der Waals surface area contributed by atoms with Crippen molar-refractivity contribution in [2.45, 2.75) is 53.1 Å². The van der Waals surface area contributed by atoms with Crippen LogP contribution in [0, 0.1) is 5.41 Å². The van der Waals surface area contributed by atoms with E-state index in [2.05, 4.69) is 44.9 Å². The molecular formula is C12H22N2S. The molecule has 0 spiro atoms. The third kappa shape index (κ3) is 5.28. The molecule has 3 heteroatoms. The summed E-state index contributed by atoms with van der Waals surface area (Å²) in [5.74, 6) is 0. The Morgan fingerprint density at radius 3 is 2.40 bits per heavy atom. The van der Waals surface area contributed by atoms with E-state index in [-0.39, 0.29) is 5.54 Å². The van der Waals surface area contributed by atoms with E-state index in [0.717, 1.165) is 18.0 Å². The fourth-order valence-corrected chi connectivity index (χ4v) is 2.60. The normalized spacial score (nSPS) is 13.1. The minimum absolute atomic E-state index is 0.171. The maximum absolute atomic E-state index is 4.27. The fourth-order valence-electron chi connectivity index (χ4n) is 2.04. The van der Waals surface area contributed by atoms with Crippen LogP contribution in [0.5, 0.6) is 0 Å². The van der Waals surface area contributed by atoms with Gasteiger partial charge >= 0.3 is 0 Å². The third-order valence-electron chi connectivity index (χ3n) is 2.17. The van der Waals surface area contributed by atoms with Gasteiger partial charge < -0.3 is 5.32 Å². The molecule has 0 amide bonds. The third-order valence-corrected chi connectivity index (χ3v) is 2.95. The molecule has 0 bridgehead atoms. The van der Waals surface area contributed by atoms with Gasteiger partial charge in [-0.05, 0) is 25.7 Å². The zero-order valence-corrected chi connectivity index (χ0v) is 11.2. The zero-order valence-electron chi connectivity index (χ0n) is 10.4. The average molecular weight is 226 g/mol. The molecule has 0 unspecified atom stereocenters. The Hall–Kier alpha value is -0.410. The average Bonchev–Trinajstić information content (AvgIpc) is 2.47. The summed E-state index contributed by atoms with van der Waals surface area (Å²) in [7, 11) is 0. The Balaban J connectivity index is 2.43. The standard InChI is InChI=1S/C12H22N2S/c1-11(2,3)9-12(4,5)14-8-10-13-6-7-15-10/h6-7,14H,8-9H2,1-5H3. The summed E-state index contributed by atoms with van der Waals surface area (Å²) in [5.41, 5.74) is 0.531. The lowest BCUT2D eigenvalue weighted by Crippen LogP contribution is -2.41. The van der Waals surface area contributed by atoms with Crippen molar-refractivity contribution in [2.24, 2.45) is 5.41 Å². The highest BCUT2D eigenvalue weighted by atomic mass is 32.1. The molecule has 1 aromatic heterocycles. The highest BCUT2D eigenvalue weighted by Crippen LogP contribution is 2.27. The van der Waals surface area contributed by atoms with Gasteiger partial charge in [-0.1, -0.05) is 20.8 Å². The summed E-state index contributed by atoms with van der Waals surface area (Å²) >= 11 is 1.71. The van der Waals surface area contributed by atoms with Gasteiger partial charge in [-0.25, -0.2) is 4.98 Å². The van der Waals surface area contributed by atoms with Crippen LogP contribution in [0.4, 0.5) is 0 Å². The quantitative estimate of drug-likeness (QED) is 0.850. The molecule has 0 aliphatic carbocycles. The SMILES string of the molecule is CC(C)(C)CC(C)(C)NCc1nccs1. The van der Waals surface area contributed by atoms with Crippen LogP contribution in [0.15, 0.2) is 11.6 Å². The Bertz CT molecular complexity index is 283. The van der Waals surface area contributed by atoms with E-state index in [0.29, 0.717) is 5.41 Å². The number of nitrogens with one attached hydrogen (secondary N) is 1. The molecule has 2 nitrogen and oxygen atoms in total. The van der Waals surface area contributed by atoms with Crippen LogP contribution in [-0.2, 0) is 6.54 Å². The fraction of sp³-hybridized carbons (Fsp3) is 0.750. The lowest BCUT2D eigenvalue weighted by Gasteiger charge is -2.33. The number of aromatic nitrogens is 1. The van der Waals surface area contributed by atoms with Crippen LogP contribution >= 0.6 is 11.3 Å². The van der Waals surface area contributed by atoms with E-state index in [1.165, 1.54) is 0 Å². The first-order chi connectivity index (χ1) is 6.79. The monoisotopic (exact) mass is 226 g/mol. The largest absolute Gasteiger partial charge is 0.305 e. The van der Waals surface area contributed by atoms with E-state index < -0.39 is 0 Å². The topological polar surface area (TPSA) is 24.9 Å². The van der Waals surface area contributed by atoms with Gasteiger partial charge in [0.2, 0.25) is 0 Å². The minimum Gasteiger partial charge on any atom is -0.305 e. The summed E-state index contributed by atoms with van der Waals surface area (Å²) in [6.45, 7) is 12.2. The molecule has 1 aromatic rings. The van der Waals surface area contributed by atoms with Gasteiger partial charge in [0.25, 0.3) is 0 Å². The predicted molar refractivity (Wildman–Crippen MR) is 67.1 cm³/mol. The molecule has 0 radical (unpaired) electrons. The first-order valence-corrected chi connectivity index (χ1v) is 6.30. The Kier molecular flexibility index (Phi) is 3.90. The second-order valence-corrected chi connectivity index (χ2v) is 6.88. The molecule has 15 heavy (non-hydrogen) atoms. The van der Waals surface area contributed by atoms with E-state index in [4.69, 9.17) is 0 Å². The second-order valence-electron chi connectivity index (χ2n) is 5.90. The minimum atomic E-state index is 0.171. The molecule has 0 aromatic carbocycles. The summed E-state index contributed by atoms with van der Waals surface area (Å²) in [6.07, 6.45) is 3.02. The lowest BCUT2D eigenvalue weighted by molar-refractivity contribution is 0.240. The molecule has 0 saturated carbocycles. The molecular weight excluding hydrogens is 204 g/mol. The molecule has 0 aliphatic heterocycles. The highest BCUT2D eigenvalue weighted by molar-refractivity contribution is 7.09. The smallest absolute Gasteiger partial charge is 0.106 e. The Morgan fingerprint density at radius 2 is 1.93 bits per heavy atom. The van der Waals surface area contributed by atoms with Crippen LogP contribution in [0.1, 0.15) is 46.0 Å². The van der Waals surface area contributed by atoms with Crippen molar-refractivity contribution < 1.29 is 0 Å². The van der Waals surface area contributed by atoms with Gasteiger partial charge in [-0.15, -0.1) is 11.3 Å². The van der Waals surface area contributed by atoms with Gasteiger partial charge in [0.15, 0.2) is 0 Å². The van der Waals surface area contributed by atoms with E-state index in [9.17, 15) is 0 Å². The number of hydrogen-bond donors (Lipinski definition) is 1. The maximum atomic E-state index is 4.27. The van der Waals surface area contributed by atoms with Crippen molar-refractivity contribution in [3.63, 3.8) is 0 Å². The number of rotatable bonds is 4. The van der Waals surface area contributed by atoms with Crippen LogP contribution in [0.2, 0.25) is 0 Å². The van der Waals surface area contributed by atoms with E-state index in [1.54, 1.807) is 11.3 Å². The Morgan fingerprint density at radius 1 is 1.27 bits per heavy atom. The summed E-state index contributed by atoms with van der Waals surface area (Å²) < 4.78 is 0. The Labute approximate surface area is 97.1 Å². The van der Waals surface area contributed by atoms with Crippen molar-refractivity contribution in [3.05, 3.63) is 16.6 Å². The van der Waals surface area contributed by atoms with E-state index in [1.807, 2.05) is 11.6 Å². The molecule has 0 atom stereocenters. The van der Waals surface area contributed by atoms with Crippen molar-refractivity contribution in [2.75, 3.05) is 0 Å². The highest BCUT2D eigenvalue weighted by Gasteiger charge is 2.24. The summed E-state index contributed by atoms with van der Waals surface area (Å²) in [6, 6.07) is 0. The van der Waals surface area contributed by atoms with Gasteiger partial charge in [0.1, 0.15) is 5.01 Å². The molecule has 1 rings (SSSR count). The molecule has 86 valence electrons. The van der Waals surface area contributed by atoms with Crippen LogP contribution in [0.25, 0.3) is 0 Å². The predicted octanol–water partition coefficient (Wildman–Crippen LogP) is 3.45. The first kappa shape index (κ1) is 12.7. The maximum Gasteiger partial charge on any atom is 0.106 e. The second kappa shape index (κ2) is 4.62. The van der Waals surface area contributed by atoms with Gasteiger partial charge in [-0.2, -0.15) is 0 Å². The first-order valence-electron chi connectivity index (χ1n) is 5.42. The van der Waals surface area contributed by atoms with Gasteiger partial charge in [0.05, 0.1) is 0 Å². The molecule has 0 aliphatic rings. The van der Waals surface area contributed by atoms with Gasteiger partial charge in [-0.3, -0.25) is 0 Å².